The highest BCUT2D eigenvalue weighted by Crippen LogP contribution is 2.38. The summed E-state index contributed by atoms with van der Waals surface area (Å²) in [4.78, 5) is 5.09. The molecule has 0 radical (unpaired) electrons. The summed E-state index contributed by atoms with van der Waals surface area (Å²) in [6.07, 6.45) is 0. The van der Waals surface area contributed by atoms with E-state index in [0.717, 1.165) is 20.1 Å². The molecule has 0 fully saturated rings. The molecule has 2 aromatic carbocycles. The summed E-state index contributed by atoms with van der Waals surface area (Å²) in [6.45, 7) is 1.86. The summed E-state index contributed by atoms with van der Waals surface area (Å²) in [5, 5.41) is 0. The third-order valence-electron chi connectivity index (χ3n) is 2.95. The van der Waals surface area contributed by atoms with E-state index >= 15 is 0 Å². The average Bonchev–Trinajstić information content (AvgIpc) is 2.83. The van der Waals surface area contributed by atoms with Gasteiger partial charge in [-0.25, -0.2) is 9.37 Å². The Balaban J connectivity index is 2.02. The molecular weight excluding hydrogens is 291 g/mol. The number of hydrogen-bond donors (Lipinski definition) is 1. The van der Waals surface area contributed by atoms with Gasteiger partial charge in [0.2, 0.25) is 0 Å². The lowest BCUT2D eigenvalue weighted by Gasteiger charge is -2.11. The van der Waals surface area contributed by atoms with Crippen molar-refractivity contribution in [3.63, 3.8) is 0 Å². The fourth-order valence-corrected chi connectivity index (χ4v) is 4.21. The van der Waals surface area contributed by atoms with Crippen molar-refractivity contribution in [2.45, 2.75) is 22.2 Å². The maximum absolute atomic E-state index is 14.1. The largest absolute Gasteiger partial charge is 0.324 e. The van der Waals surface area contributed by atoms with Crippen molar-refractivity contribution in [1.29, 1.82) is 0 Å². The van der Waals surface area contributed by atoms with Gasteiger partial charge < -0.3 is 5.73 Å². The van der Waals surface area contributed by atoms with Crippen molar-refractivity contribution < 1.29 is 4.39 Å². The van der Waals surface area contributed by atoms with Crippen LogP contribution in [-0.4, -0.2) is 4.98 Å². The van der Waals surface area contributed by atoms with E-state index < -0.39 is 0 Å². The Kier molecular flexibility index (Phi) is 3.74. The normalized spacial score (nSPS) is 12.8. The molecule has 0 amide bonds. The van der Waals surface area contributed by atoms with Crippen molar-refractivity contribution in [3.8, 4) is 0 Å². The molecule has 2 nitrogen and oxygen atoms in total. The van der Waals surface area contributed by atoms with Gasteiger partial charge >= 0.3 is 0 Å². The summed E-state index contributed by atoms with van der Waals surface area (Å²) in [5.74, 6) is -0.246. The highest BCUT2D eigenvalue weighted by Gasteiger charge is 2.15. The van der Waals surface area contributed by atoms with Crippen LogP contribution in [0.3, 0.4) is 0 Å². The molecule has 0 bridgehead atoms. The van der Waals surface area contributed by atoms with Gasteiger partial charge in [-0.05, 0) is 30.7 Å². The van der Waals surface area contributed by atoms with Gasteiger partial charge in [0.1, 0.15) is 5.82 Å². The van der Waals surface area contributed by atoms with Crippen LogP contribution in [0.15, 0.2) is 51.7 Å². The number of benzene rings is 2. The number of para-hydroxylation sites is 1. The third-order valence-corrected chi connectivity index (χ3v) is 5.18. The Bertz CT molecular complexity index is 719. The van der Waals surface area contributed by atoms with Gasteiger partial charge in [0.05, 0.1) is 15.1 Å². The molecule has 1 heterocycles. The van der Waals surface area contributed by atoms with Crippen LogP contribution in [0.1, 0.15) is 18.5 Å². The van der Waals surface area contributed by atoms with Crippen LogP contribution < -0.4 is 5.73 Å². The van der Waals surface area contributed by atoms with Crippen LogP contribution in [0.25, 0.3) is 10.2 Å². The molecule has 2 N–H and O–H groups in total. The number of fused-ring (bicyclic) bond motifs is 1. The maximum atomic E-state index is 14.1. The SMILES string of the molecule is C[C@@H](N)c1cccc(F)c1Sc1nc2ccccc2s1. The van der Waals surface area contributed by atoms with E-state index in [1.165, 1.54) is 17.8 Å². The first kappa shape index (κ1) is 13.5. The van der Waals surface area contributed by atoms with Crippen LogP contribution in [0.5, 0.6) is 0 Å². The minimum absolute atomic E-state index is 0.206. The van der Waals surface area contributed by atoms with Gasteiger partial charge in [-0.3, -0.25) is 0 Å². The molecular formula is C15H13FN2S2. The highest BCUT2D eigenvalue weighted by atomic mass is 32.2. The van der Waals surface area contributed by atoms with E-state index in [4.69, 9.17) is 5.73 Å². The first-order valence-corrected chi connectivity index (χ1v) is 7.86. The predicted octanol–water partition coefficient (Wildman–Crippen LogP) is 4.61. The van der Waals surface area contributed by atoms with Crippen LogP contribution in [0.4, 0.5) is 4.39 Å². The molecule has 0 aliphatic rings. The lowest BCUT2D eigenvalue weighted by molar-refractivity contribution is 0.591. The lowest BCUT2D eigenvalue weighted by Crippen LogP contribution is -2.07. The highest BCUT2D eigenvalue weighted by molar-refractivity contribution is 8.01. The number of halogens is 1. The van der Waals surface area contributed by atoms with Gasteiger partial charge in [0, 0.05) is 6.04 Å². The Labute approximate surface area is 124 Å². The van der Waals surface area contributed by atoms with Crippen LogP contribution in [-0.2, 0) is 0 Å². The zero-order valence-electron chi connectivity index (χ0n) is 10.8. The van der Waals surface area contributed by atoms with Gasteiger partial charge in [-0.2, -0.15) is 0 Å². The second-order valence-electron chi connectivity index (χ2n) is 4.50. The van der Waals surface area contributed by atoms with Crippen molar-refractivity contribution in [3.05, 3.63) is 53.8 Å². The van der Waals surface area contributed by atoms with Crippen molar-refractivity contribution in [2.24, 2.45) is 5.73 Å². The Hall–Kier alpha value is -1.43. The number of aromatic nitrogens is 1. The van der Waals surface area contributed by atoms with E-state index in [1.54, 1.807) is 17.4 Å². The molecule has 1 aromatic heterocycles. The third kappa shape index (κ3) is 2.57. The minimum Gasteiger partial charge on any atom is -0.324 e. The molecule has 0 aliphatic carbocycles. The molecule has 5 heteroatoms. The monoisotopic (exact) mass is 304 g/mol. The van der Waals surface area contributed by atoms with Crippen LogP contribution >= 0.6 is 23.1 Å². The first-order chi connectivity index (χ1) is 9.65. The first-order valence-electron chi connectivity index (χ1n) is 6.22. The second-order valence-corrected chi connectivity index (χ2v) is 6.78. The quantitative estimate of drug-likeness (QED) is 0.768. The zero-order valence-corrected chi connectivity index (χ0v) is 12.5. The van der Waals surface area contributed by atoms with Gasteiger partial charge in [0.25, 0.3) is 0 Å². The molecule has 3 aromatic rings. The molecule has 20 heavy (non-hydrogen) atoms. The minimum atomic E-state index is -0.246. The number of hydrogen-bond acceptors (Lipinski definition) is 4. The van der Waals surface area contributed by atoms with Crippen molar-refractivity contribution in [1.82, 2.24) is 4.98 Å². The van der Waals surface area contributed by atoms with E-state index in [2.05, 4.69) is 4.98 Å². The summed E-state index contributed by atoms with van der Waals surface area (Å²) in [6, 6.07) is 12.7. The fraction of sp³-hybridized carbons (Fsp3) is 0.133. The Morgan fingerprint density at radius 3 is 2.75 bits per heavy atom. The predicted molar refractivity (Wildman–Crippen MR) is 82.7 cm³/mol. The second kappa shape index (κ2) is 5.52. The van der Waals surface area contributed by atoms with E-state index in [1.807, 2.05) is 37.3 Å². The van der Waals surface area contributed by atoms with E-state index in [9.17, 15) is 4.39 Å². The Morgan fingerprint density at radius 2 is 2.00 bits per heavy atom. The number of thiazole rings is 1. The maximum Gasteiger partial charge on any atom is 0.156 e. The lowest BCUT2D eigenvalue weighted by atomic mass is 10.1. The molecule has 0 saturated carbocycles. The van der Waals surface area contributed by atoms with Crippen LogP contribution in [0, 0.1) is 5.82 Å². The molecule has 0 unspecified atom stereocenters. The molecule has 0 saturated heterocycles. The molecule has 1 atom stereocenters. The number of rotatable bonds is 3. The van der Waals surface area contributed by atoms with E-state index in [-0.39, 0.29) is 11.9 Å². The fourth-order valence-electron chi connectivity index (χ4n) is 1.97. The van der Waals surface area contributed by atoms with Gasteiger partial charge in [-0.15, -0.1) is 11.3 Å². The number of nitrogens with zero attached hydrogens (tertiary/aromatic N) is 1. The molecule has 0 aliphatic heterocycles. The summed E-state index contributed by atoms with van der Waals surface area (Å²) in [5.41, 5.74) is 7.67. The molecule has 3 rings (SSSR count). The van der Waals surface area contributed by atoms with Crippen LogP contribution in [0.2, 0.25) is 0 Å². The van der Waals surface area contributed by atoms with Crippen molar-refractivity contribution >= 4 is 33.3 Å². The number of nitrogens with two attached hydrogens (primary N) is 1. The topological polar surface area (TPSA) is 38.9 Å². The summed E-state index contributed by atoms with van der Waals surface area (Å²) in [7, 11) is 0. The molecule has 102 valence electrons. The average molecular weight is 304 g/mol. The summed E-state index contributed by atoms with van der Waals surface area (Å²) >= 11 is 2.91. The summed E-state index contributed by atoms with van der Waals surface area (Å²) < 4.78 is 16.0. The smallest absolute Gasteiger partial charge is 0.156 e. The van der Waals surface area contributed by atoms with Gasteiger partial charge in [-0.1, -0.05) is 36.0 Å². The zero-order chi connectivity index (χ0) is 14.1. The van der Waals surface area contributed by atoms with E-state index in [0.29, 0.717) is 4.90 Å². The standard InChI is InChI=1S/C15H13FN2S2/c1-9(17)10-5-4-6-11(16)14(10)20-15-18-12-7-2-3-8-13(12)19-15/h2-9H,17H2,1H3/t9-/m1/s1. The molecule has 0 spiro atoms. The Morgan fingerprint density at radius 1 is 1.20 bits per heavy atom. The van der Waals surface area contributed by atoms with Gasteiger partial charge in [0.15, 0.2) is 4.34 Å². The van der Waals surface area contributed by atoms with Crippen molar-refractivity contribution in [2.75, 3.05) is 0 Å².